The van der Waals surface area contributed by atoms with Crippen molar-refractivity contribution in [3.05, 3.63) is 112 Å². The maximum Gasteiger partial charge on any atom is 0.277 e. The number of carbonyl (C=O) groups is 2. The van der Waals surface area contributed by atoms with Crippen molar-refractivity contribution in [2.24, 2.45) is 17.8 Å². The molecule has 18 heteroatoms. The van der Waals surface area contributed by atoms with Crippen LogP contribution in [0.2, 0.25) is 10.0 Å². The van der Waals surface area contributed by atoms with E-state index < -0.39 is 40.9 Å². The number of aliphatic hydroxyl groups is 2. The van der Waals surface area contributed by atoms with Gasteiger partial charge in [-0.3, -0.25) is 14.4 Å². The topological polar surface area (TPSA) is 141 Å². The molecule has 0 radical (unpaired) electrons. The Kier molecular flexibility index (Phi) is 14.3. The number of nitrogens with one attached hydrogen (secondary N) is 4. The molecule has 2 fully saturated rings. The molecule has 4 aromatic rings. The molecule has 54 heavy (non-hydrogen) atoms. The molecule has 6 rings (SSSR count). The number of hydroxylamine groups is 2. The van der Waals surface area contributed by atoms with Gasteiger partial charge in [0.05, 0.1) is 50.5 Å². The first-order valence-corrected chi connectivity index (χ1v) is 19.1. The summed E-state index contributed by atoms with van der Waals surface area (Å²) >= 11 is 16.5. The van der Waals surface area contributed by atoms with Crippen LogP contribution in [0.4, 0.5) is 40.3 Å². The zero-order valence-electron chi connectivity index (χ0n) is 28.1. The fraction of sp³-hybridized carbons (Fsp3) is 0.278. The summed E-state index contributed by atoms with van der Waals surface area (Å²) in [5, 5.41) is 25.5. The molecule has 0 bridgehead atoms. The van der Waals surface area contributed by atoms with Crippen LogP contribution >= 0.6 is 68.4 Å². The molecule has 0 heterocycles. The number of amides is 2. The van der Waals surface area contributed by atoms with E-state index in [9.17, 15) is 32.3 Å². The Balaban J connectivity index is 0.000000208. The van der Waals surface area contributed by atoms with Crippen LogP contribution in [-0.4, -0.2) is 41.0 Å². The third-order valence-electron chi connectivity index (χ3n) is 8.46. The van der Waals surface area contributed by atoms with Crippen molar-refractivity contribution in [3.8, 4) is 0 Å². The predicted octanol–water partition coefficient (Wildman–Crippen LogP) is 9.00. The van der Waals surface area contributed by atoms with E-state index in [1.807, 2.05) is 0 Å². The second-order valence-corrected chi connectivity index (χ2v) is 16.0. The number of rotatable bonds is 13. The Bertz CT molecular complexity index is 2050. The molecule has 3 unspecified atom stereocenters. The van der Waals surface area contributed by atoms with E-state index in [0.29, 0.717) is 21.4 Å². The first kappa shape index (κ1) is 42.2. The van der Waals surface area contributed by atoms with Gasteiger partial charge in [0.2, 0.25) is 0 Å². The molecule has 2 aliphatic rings. The van der Waals surface area contributed by atoms with Crippen molar-refractivity contribution < 1.29 is 47.0 Å². The Hall–Kier alpha value is -2.98. The van der Waals surface area contributed by atoms with E-state index in [-0.39, 0.29) is 53.5 Å². The zero-order valence-corrected chi connectivity index (χ0v) is 33.9. The van der Waals surface area contributed by atoms with Crippen LogP contribution in [0.25, 0.3) is 0 Å². The number of hydrogen-bond donors (Lipinski definition) is 6. The number of carbonyl (C=O) groups excluding carboxylic acids is 2. The maximum absolute atomic E-state index is 13.7. The molecule has 0 saturated heterocycles. The second-order valence-electron chi connectivity index (χ2n) is 12.7. The summed E-state index contributed by atoms with van der Waals surface area (Å²) in [6.45, 7) is 1.75. The van der Waals surface area contributed by atoms with Crippen molar-refractivity contribution in [1.82, 2.24) is 11.0 Å². The Morgan fingerprint density at radius 1 is 0.759 bits per heavy atom. The Morgan fingerprint density at radius 3 is 1.65 bits per heavy atom. The van der Waals surface area contributed by atoms with Gasteiger partial charge in [0.1, 0.15) is 0 Å². The minimum atomic E-state index is -1.53. The number of halogens is 8. The number of anilines is 4. The van der Waals surface area contributed by atoms with Crippen LogP contribution < -0.4 is 21.6 Å². The largest absolute Gasteiger partial charge is 0.396 e. The molecule has 10 nitrogen and oxygen atoms in total. The van der Waals surface area contributed by atoms with Crippen molar-refractivity contribution in [2.75, 3.05) is 23.8 Å². The molecule has 6 N–H and O–H groups in total. The van der Waals surface area contributed by atoms with Crippen LogP contribution in [0.3, 0.4) is 0 Å². The fourth-order valence-electron chi connectivity index (χ4n) is 5.06. The van der Waals surface area contributed by atoms with Gasteiger partial charge in [0, 0.05) is 31.8 Å². The van der Waals surface area contributed by atoms with Gasteiger partial charge in [-0.1, -0.05) is 23.2 Å². The quantitative estimate of drug-likeness (QED) is 0.0338. The summed E-state index contributed by atoms with van der Waals surface area (Å²) in [5.74, 6) is -7.35. The van der Waals surface area contributed by atoms with Crippen molar-refractivity contribution >= 4 is 103 Å². The molecular weight excluding hydrogens is 985 g/mol. The highest BCUT2D eigenvalue weighted by molar-refractivity contribution is 14.1. The SMILES string of the molecule is CC(O)(ONC(=O)c1cc(F)c(F)cc1Nc1ccc(I)cc1Cl)C1CC1.O=C(NOCC1CC1CO)c1cc(F)c(F)cc1Nc1ccc(I)cc1Cl. The predicted molar refractivity (Wildman–Crippen MR) is 212 cm³/mol. The smallest absolute Gasteiger partial charge is 0.277 e. The third-order valence-corrected chi connectivity index (χ3v) is 10.4. The lowest BCUT2D eigenvalue weighted by atomic mass is 10.1. The first-order chi connectivity index (χ1) is 25.6. The molecule has 0 aliphatic heterocycles. The summed E-state index contributed by atoms with van der Waals surface area (Å²) in [4.78, 5) is 35.0. The van der Waals surface area contributed by atoms with E-state index in [1.165, 1.54) is 6.92 Å². The van der Waals surface area contributed by atoms with Gasteiger partial charge in [0.25, 0.3) is 11.8 Å². The van der Waals surface area contributed by atoms with E-state index in [2.05, 4.69) is 66.8 Å². The summed E-state index contributed by atoms with van der Waals surface area (Å²) in [7, 11) is 0. The van der Waals surface area contributed by atoms with Gasteiger partial charge >= 0.3 is 0 Å². The molecule has 288 valence electrons. The molecular formula is C36H32Cl2F4I2N4O6. The minimum absolute atomic E-state index is 0.00386. The third kappa shape index (κ3) is 11.3. The molecule has 2 aliphatic carbocycles. The molecule has 2 saturated carbocycles. The highest BCUT2D eigenvalue weighted by Gasteiger charge is 2.42. The number of aliphatic hydroxyl groups excluding tert-OH is 1. The van der Waals surface area contributed by atoms with Gasteiger partial charge < -0.3 is 20.8 Å². The van der Waals surface area contributed by atoms with Crippen LogP contribution in [0.15, 0.2) is 60.7 Å². The number of benzene rings is 4. The van der Waals surface area contributed by atoms with E-state index in [4.69, 9.17) is 38.0 Å². The van der Waals surface area contributed by atoms with Crippen molar-refractivity contribution in [2.45, 2.75) is 32.0 Å². The van der Waals surface area contributed by atoms with Gasteiger partial charge in [0.15, 0.2) is 29.1 Å². The lowest BCUT2D eigenvalue weighted by Crippen LogP contribution is -2.40. The van der Waals surface area contributed by atoms with Gasteiger partial charge in [-0.15, -0.1) is 0 Å². The normalized spacial score (nSPS) is 17.1. The second kappa shape index (κ2) is 18.3. The summed E-state index contributed by atoms with van der Waals surface area (Å²) in [6, 6.07) is 13.6. The van der Waals surface area contributed by atoms with Crippen LogP contribution in [0.5, 0.6) is 0 Å². The van der Waals surface area contributed by atoms with E-state index in [1.54, 1.807) is 36.4 Å². The summed E-state index contributed by atoms with van der Waals surface area (Å²) < 4.78 is 56.6. The van der Waals surface area contributed by atoms with E-state index in [0.717, 1.165) is 50.7 Å². The van der Waals surface area contributed by atoms with Crippen LogP contribution in [0.1, 0.15) is 46.9 Å². The summed E-state index contributed by atoms with van der Waals surface area (Å²) in [5.41, 5.74) is 4.93. The van der Waals surface area contributed by atoms with Crippen LogP contribution in [0, 0.1) is 48.2 Å². The maximum atomic E-state index is 13.7. The van der Waals surface area contributed by atoms with Gasteiger partial charge in [-0.25, -0.2) is 33.4 Å². The van der Waals surface area contributed by atoms with Crippen molar-refractivity contribution in [1.29, 1.82) is 0 Å². The number of hydrogen-bond acceptors (Lipinski definition) is 8. The van der Waals surface area contributed by atoms with Gasteiger partial charge in [-0.05, 0) is 132 Å². The lowest BCUT2D eigenvalue weighted by molar-refractivity contribution is -0.230. The molecule has 2 amide bonds. The standard InChI is InChI=1S/2C18H16ClF2IN2O3/c1-18(26,9-2-3-9)27-24-17(25)11-7-13(20)14(21)8-16(11)23-15-5-4-10(22)6-12(15)19;19-13-4-11(22)1-2-16(13)23-17-6-15(21)14(20)5-12(17)18(26)24-27-8-10-3-9(10)7-25/h4-9,23,26H,2-3H2,1H3,(H,24,25);1-2,4-6,9-10,23,25H,3,7-8H2,(H,24,26). The first-order valence-electron chi connectivity index (χ1n) is 16.2. The van der Waals surface area contributed by atoms with Gasteiger partial charge in [-0.2, -0.15) is 0 Å². The minimum Gasteiger partial charge on any atom is -0.396 e. The average molecular weight is 1020 g/mol. The highest BCUT2D eigenvalue weighted by Crippen LogP contribution is 2.40. The molecule has 4 aromatic carbocycles. The fourth-order valence-corrected chi connectivity index (χ4v) is 6.87. The Morgan fingerprint density at radius 2 is 1.22 bits per heavy atom. The highest BCUT2D eigenvalue weighted by atomic mass is 127. The monoisotopic (exact) mass is 1020 g/mol. The average Bonchev–Trinajstić information content (AvgIpc) is 4.05. The summed E-state index contributed by atoms with van der Waals surface area (Å²) in [6.07, 6.45) is 2.40. The van der Waals surface area contributed by atoms with Crippen molar-refractivity contribution in [3.63, 3.8) is 0 Å². The lowest BCUT2D eigenvalue weighted by Gasteiger charge is -2.23. The van der Waals surface area contributed by atoms with E-state index >= 15 is 0 Å². The van der Waals surface area contributed by atoms with Crippen LogP contribution in [-0.2, 0) is 9.68 Å². The Labute approximate surface area is 344 Å². The molecule has 3 atom stereocenters. The molecule has 0 aromatic heterocycles. The molecule has 0 spiro atoms. The zero-order chi connectivity index (χ0) is 39.3.